The first-order valence-electron chi connectivity index (χ1n) is 4.67. The van der Waals surface area contributed by atoms with Gasteiger partial charge < -0.3 is 15.7 Å². The van der Waals surface area contributed by atoms with Crippen LogP contribution in [0.3, 0.4) is 0 Å². The SMILES string of the molecule is CCC(Oc1cc(Br)ccc1Cl)C(N)=NO. The molecule has 1 atom stereocenters. The van der Waals surface area contributed by atoms with Crippen LogP contribution < -0.4 is 10.5 Å². The highest BCUT2D eigenvalue weighted by Crippen LogP contribution is 2.29. The second kappa shape index (κ2) is 5.96. The lowest BCUT2D eigenvalue weighted by molar-refractivity contribution is 0.246. The minimum atomic E-state index is -0.489. The molecule has 0 radical (unpaired) electrons. The Kier molecular flexibility index (Phi) is 4.89. The summed E-state index contributed by atoms with van der Waals surface area (Å²) in [6.07, 6.45) is 0.0930. The zero-order valence-electron chi connectivity index (χ0n) is 8.65. The standard InChI is InChI=1S/C10H12BrClN2O2/c1-2-8(10(13)14-15)16-9-5-6(11)3-4-7(9)12/h3-5,8,15H,2H2,1H3,(H2,13,14). The maximum atomic E-state index is 8.58. The molecule has 88 valence electrons. The summed E-state index contributed by atoms with van der Waals surface area (Å²) in [7, 11) is 0. The van der Waals surface area contributed by atoms with Crippen molar-refractivity contribution in [3.8, 4) is 5.75 Å². The summed E-state index contributed by atoms with van der Waals surface area (Å²) in [6, 6.07) is 5.25. The minimum Gasteiger partial charge on any atom is -0.481 e. The Hall–Kier alpha value is -0.940. The van der Waals surface area contributed by atoms with Crippen molar-refractivity contribution in [2.75, 3.05) is 0 Å². The van der Waals surface area contributed by atoms with Gasteiger partial charge in [-0.25, -0.2) is 0 Å². The van der Waals surface area contributed by atoms with Crippen molar-refractivity contribution in [1.29, 1.82) is 0 Å². The normalized spacial score (nSPS) is 13.6. The summed E-state index contributed by atoms with van der Waals surface area (Å²) >= 11 is 9.27. The molecule has 0 saturated heterocycles. The molecule has 0 aliphatic carbocycles. The Balaban J connectivity index is 2.89. The number of oxime groups is 1. The van der Waals surface area contributed by atoms with Gasteiger partial charge in [0.05, 0.1) is 5.02 Å². The van der Waals surface area contributed by atoms with E-state index in [2.05, 4.69) is 21.1 Å². The molecule has 0 saturated carbocycles. The zero-order valence-corrected chi connectivity index (χ0v) is 11.0. The largest absolute Gasteiger partial charge is 0.481 e. The van der Waals surface area contributed by atoms with Crippen molar-refractivity contribution in [2.45, 2.75) is 19.4 Å². The lowest BCUT2D eigenvalue weighted by Crippen LogP contribution is -2.33. The lowest BCUT2D eigenvalue weighted by atomic mass is 10.2. The second-order valence-corrected chi connectivity index (χ2v) is 4.44. The molecule has 3 N–H and O–H groups in total. The van der Waals surface area contributed by atoms with E-state index in [1.54, 1.807) is 18.2 Å². The summed E-state index contributed by atoms with van der Waals surface area (Å²) in [4.78, 5) is 0. The third kappa shape index (κ3) is 3.28. The second-order valence-electron chi connectivity index (χ2n) is 3.11. The van der Waals surface area contributed by atoms with E-state index in [0.717, 1.165) is 4.47 Å². The molecule has 4 nitrogen and oxygen atoms in total. The first-order chi connectivity index (χ1) is 7.58. The number of ether oxygens (including phenoxy) is 1. The van der Waals surface area contributed by atoms with Gasteiger partial charge in [0.2, 0.25) is 0 Å². The van der Waals surface area contributed by atoms with Crippen LogP contribution >= 0.6 is 27.5 Å². The van der Waals surface area contributed by atoms with Crippen LogP contribution in [0.25, 0.3) is 0 Å². The molecule has 0 aromatic heterocycles. The Bertz CT molecular complexity index is 398. The molecule has 1 aromatic carbocycles. The van der Waals surface area contributed by atoms with E-state index in [4.69, 9.17) is 27.3 Å². The molecule has 0 bridgehead atoms. The predicted molar refractivity (Wildman–Crippen MR) is 67.3 cm³/mol. The number of hydrogen-bond donors (Lipinski definition) is 2. The average molecular weight is 308 g/mol. The Morgan fingerprint density at radius 1 is 1.69 bits per heavy atom. The van der Waals surface area contributed by atoms with Crippen LogP contribution in [0.2, 0.25) is 5.02 Å². The van der Waals surface area contributed by atoms with Crippen LogP contribution in [-0.2, 0) is 0 Å². The zero-order chi connectivity index (χ0) is 12.1. The molecule has 0 aliphatic rings. The molecule has 0 aliphatic heterocycles. The van der Waals surface area contributed by atoms with Gasteiger partial charge in [-0.2, -0.15) is 0 Å². The third-order valence-electron chi connectivity index (χ3n) is 1.98. The van der Waals surface area contributed by atoms with E-state index < -0.39 is 6.10 Å². The number of benzene rings is 1. The molecule has 0 amide bonds. The molecular formula is C10H12BrClN2O2. The quantitative estimate of drug-likeness (QED) is 0.389. The molecule has 0 fully saturated rings. The van der Waals surface area contributed by atoms with Crippen LogP contribution in [0.15, 0.2) is 27.8 Å². The van der Waals surface area contributed by atoms with E-state index >= 15 is 0 Å². The molecule has 0 spiro atoms. The summed E-state index contributed by atoms with van der Waals surface area (Å²) < 4.78 is 6.40. The molecule has 6 heteroatoms. The van der Waals surface area contributed by atoms with E-state index in [-0.39, 0.29) is 5.84 Å². The van der Waals surface area contributed by atoms with Gasteiger partial charge in [-0.05, 0) is 24.6 Å². The van der Waals surface area contributed by atoms with Crippen molar-refractivity contribution >= 4 is 33.4 Å². The average Bonchev–Trinajstić information content (AvgIpc) is 2.29. The molecule has 0 heterocycles. The van der Waals surface area contributed by atoms with Gasteiger partial charge in [0.1, 0.15) is 5.75 Å². The first kappa shape index (κ1) is 13.1. The van der Waals surface area contributed by atoms with Crippen molar-refractivity contribution in [3.63, 3.8) is 0 Å². The highest BCUT2D eigenvalue weighted by molar-refractivity contribution is 9.10. The van der Waals surface area contributed by atoms with E-state index in [9.17, 15) is 0 Å². The predicted octanol–water partition coefficient (Wildman–Crippen LogP) is 3.01. The number of halogens is 2. The number of hydrogen-bond acceptors (Lipinski definition) is 3. The fourth-order valence-electron chi connectivity index (χ4n) is 1.14. The lowest BCUT2D eigenvalue weighted by Gasteiger charge is -2.17. The molecule has 1 rings (SSSR count). The summed E-state index contributed by atoms with van der Waals surface area (Å²) in [5.74, 6) is 0.521. The van der Waals surface area contributed by atoms with E-state index in [1.165, 1.54) is 0 Å². The molecular weight excluding hydrogens is 295 g/mol. The summed E-state index contributed by atoms with van der Waals surface area (Å²) in [5, 5.41) is 12.0. The minimum absolute atomic E-state index is 0.0264. The van der Waals surface area contributed by atoms with Gasteiger partial charge in [-0.1, -0.05) is 39.6 Å². The van der Waals surface area contributed by atoms with Crippen molar-refractivity contribution in [3.05, 3.63) is 27.7 Å². The van der Waals surface area contributed by atoms with Crippen LogP contribution in [-0.4, -0.2) is 17.1 Å². The highest BCUT2D eigenvalue weighted by atomic mass is 79.9. The summed E-state index contributed by atoms with van der Waals surface area (Å²) in [6.45, 7) is 1.87. The monoisotopic (exact) mass is 306 g/mol. The van der Waals surface area contributed by atoms with Crippen LogP contribution in [0.4, 0.5) is 0 Å². The van der Waals surface area contributed by atoms with Gasteiger partial charge in [-0.15, -0.1) is 0 Å². The topological polar surface area (TPSA) is 67.8 Å². The van der Waals surface area contributed by atoms with E-state index in [1.807, 2.05) is 6.92 Å². The van der Waals surface area contributed by atoms with Gasteiger partial charge in [0.25, 0.3) is 0 Å². The van der Waals surface area contributed by atoms with Gasteiger partial charge in [0.15, 0.2) is 11.9 Å². The van der Waals surface area contributed by atoms with Crippen molar-refractivity contribution in [1.82, 2.24) is 0 Å². The van der Waals surface area contributed by atoms with Gasteiger partial charge in [-0.3, -0.25) is 0 Å². The smallest absolute Gasteiger partial charge is 0.180 e. The molecule has 16 heavy (non-hydrogen) atoms. The summed E-state index contributed by atoms with van der Waals surface area (Å²) in [5.41, 5.74) is 5.48. The van der Waals surface area contributed by atoms with Gasteiger partial charge >= 0.3 is 0 Å². The number of amidine groups is 1. The maximum absolute atomic E-state index is 8.58. The Morgan fingerprint density at radius 3 is 2.94 bits per heavy atom. The van der Waals surface area contributed by atoms with Crippen LogP contribution in [0.1, 0.15) is 13.3 Å². The van der Waals surface area contributed by atoms with Crippen LogP contribution in [0, 0.1) is 0 Å². The fraction of sp³-hybridized carbons (Fsp3) is 0.300. The molecule has 1 unspecified atom stereocenters. The Labute approximate surface area is 107 Å². The van der Waals surface area contributed by atoms with Crippen molar-refractivity contribution in [2.24, 2.45) is 10.9 Å². The first-order valence-corrected chi connectivity index (χ1v) is 5.84. The Morgan fingerprint density at radius 2 is 2.38 bits per heavy atom. The maximum Gasteiger partial charge on any atom is 0.180 e. The highest BCUT2D eigenvalue weighted by Gasteiger charge is 2.15. The fourth-order valence-corrected chi connectivity index (χ4v) is 1.64. The number of rotatable bonds is 4. The van der Waals surface area contributed by atoms with E-state index in [0.29, 0.717) is 17.2 Å². The number of nitrogens with zero attached hydrogens (tertiary/aromatic N) is 1. The third-order valence-corrected chi connectivity index (χ3v) is 2.78. The van der Waals surface area contributed by atoms with Crippen LogP contribution in [0.5, 0.6) is 5.75 Å². The number of nitrogens with two attached hydrogens (primary N) is 1. The van der Waals surface area contributed by atoms with Crippen molar-refractivity contribution < 1.29 is 9.94 Å². The molecule has 1 aromatic rings. The van der Waals surface area contributed by atoms with Gasteiger partial charge in [0, 0.05) is 4.47 Å².